The Morgan fingerprint density at radius 3 is 2.64 bits per heavy atom. The Morgan fingerprint density at radius 1 is 1.39 bits per heavy atom. The van der Waals surface area contributed by atoms with Crippen LogP contribution in [0.15, 0.2) is 29.3 Å². The number of aryl methyl sites for hydroxylation is 1. The Bertz CT molecular complexity index is 824. The summed E-state index contributed by atoms with van der Waals surface area (Å²) in [5.74, 6) is 0.679. The molecule has 0 aliphatic carbocycles. The van der Waals surface area contributed by atoms with Crippen LogP contribution in [0.25, 0.3) is 5.69 Å². The fourth-order valence-corrected chi connectivity index (χ4v) is 2.55. The molecule has 0 amide bonds. The summed E-state index contributed by atoms with van der Waals surface area (Å²) in [6.45, 7) is 4.89. The van der Waals surface area contributed by atoms with Gasteiger partial charge in [-0.3, -0.25) is 4.99 Å². The lowest BCUT2D eigenvalue weighted by Gasteiger charge is -2.16. The second kappa shape index (κ2) is 11.5. The van der Waals surface area contributed by atoms with E-state index < -0.39 is 0 Å². The first-order chi connectivity index (χ1) is 13.0. The fraction of sp³-hybridized carbons (Fsp3) is 0.421. The van der Waals surface area contributed by atoms with Gasteiger partial charge in [-0.1, -0.05) is 6.92 Å². The van der Waals surface area contributed by atoms with E-state index in [0.29, 0.717) is 36.0 Å². The minimum absolute atomic E-state index is 0. The number of nitrogens with two attached hydrogens (primary N) is 1. The summed E-state index contributed by atoms with van der Waals surface area (Å²) in [6, 6.07) is 8.29. The number of guanidine groups is 1. The second-order valence-corrected chi connectivity index (χ2v) is 6.26. The van der Waals surface area contributed by atoms with Crippen molar-refractivity contribution < 1.29 is 4.39 Å². The van der Waals surface area contributed by atoms with Crippen LogP contribution < -0.4 is 16.4 Å². The number of nitrogens with one attached hydrogen (secondary N) is 2. The molecule has 0 saturated carbocycles. The highest BCUT2D eigenvalue weighted by Crippen LogP contribution is 2.21. The third kappa shape index (κ3) is 6.09. The van der Waals surface area contributed by atoms with Crippen molar-refractivity contribution in [3.05, 3.63) is 41.3 Å². The Labute approximate surface area is 182 Å². The number of aromatic nitrogens is 2. The predicted molar refractivity (Wildman–Crippen MR) is 121 cm³/mol. The number of hydrogen-bond acceptors (Lipinski definition) is 4. The molecule has 0 radical (unpaired) electrons. The molecule has 0 saturated heterocycles. The predicted octanol–water partition coefficient (Wildman–Crippen LogP) is 2.98. The van der Waals surface area contributed by atoms with Gasteiger partial charge in [-0.25, -0.2) is 9.07 Å². The van der Waals surface area contributed by atoms with Gasteiger partial charge in [0.05, 0.1) is 11.4 Å². The van der Waals surface area contributed by atoms with Crippen LogP contribution in [0.3, 0.4) is 0 Å². The van der Waals surface area contributed by atoms with Crippen molar-refractivity contribution in [2.45, 2.75) is 39.2 Å². The molecule has 2 aromatic rings. The van der Waals surface area contributed by atoms with Crippen molar-refractivity contribution in [2.75, 3.05) is 19.3 Å². The van der Waals surface area contributed by atoms with Gasteiger partial charge in [0.25, 0.3) is 0 Å². The molecule has 9 heteroatoms. The number of aliphatic imine (C=N–C) groups is 1. The van der Waals surface area contributed by atoms with Crippen molar-refractivity contribution in [1.29, 1.82) is 5.26 Å². The standard InChI is InChI=1S/C19H26FN7.HI/c1-4-13(2)25-19(23-3)24-11-5-6-17-16(12-21)18(22)27(26-17)15-9-7-14(20)8-10-15;/h7-10,13H,4-6,11,22H2,1-3H3,(H2,23,24,25);1H. The molecule has 0 aliphatic heterocycles. The normalized spacial score (nSPS) is 12.0. The number of rotatable bonds is 7. The minimum atomic E-state index is -0.337. The van der Waals surface area contributed by atoms with Gasteiger partial charge in [-0.2, -0.15) is 10.4 Å². The molecule has 4 N–H and O–H groups in total. The first-order valence-electron chi connectivity index (χ1n) is 9.00. The minimum Gasteiger partial charge on any atom is -0.382 e. The average Bonchev–Trinajstić information content (AvgIpc) is 2.99. The van der Waals surface area contributed by atoms with E-state index in [1.807, 2.05) is 0 Å². The van der Waals surface area contributed by atoms with Crippen LogP contribution >= 0.6 is 24.0 Å². The zero-order valence-electron chi connectivity index (χ0n) is 16.4. The van der Waals surface area contributed by atoms with E-state index in [9.17, 15) is 9.65 Å². The van der Waals surface area contributed by atoms with Crippen LogP contribution in [0.2, 0.25) is 0 Å². The molecule has 28 heavy (non-hydrogen) atoms. The van der Waals surface area contributed by atoms with E-state index in [4.69, 9.17) is 5.73 Å². The molecule has 0 fully saturated rings. The number of nitrogens with zero attached hydrogens (tertiary/aromatic N) is 4. The molecular weight excluding hydrogens is 472 g/mol. The van der Waals surface area contributed by atoms with Crippen molar-refractivity contribution in [3.63, 3.8) is 0 Å². The van der Waals surface area contributed by atoms with Gasteiger partial charge in [0.1, 0.15) is 23.3 Å². The summed E-state index contributed by atoms with van der Waals surface area (Å²) in [4.78, 5) is 4.19. The average molecular weight is 499 g/mol. The zero-order chi connectivity index (χ0) is 19.8. The van der Waals surface area contributed by atoms with Crippen LogP contribution in [0.1, 0.15) is 37.9 Å². The Kier molecular flexibility index (Phi) is 9.72. The Hall–Kier alpha value is -2.35. The van der Waals surface area contributed by atoms with Crippen molar-refractivity contribution in [2.24, 2.45) is 4.99 Å². The molecular formula is C19H27FIN7. The lowest BCUT2D eigenvalue weighted by atomic mass is 10.1. The summed E-state index contributed by atoms with van der Waals surface area (Å²) >= 11 is 0. The summed E-state index contributed by atoms with van der Waals surface area (Å²) in [5.41, 5.74) is 7.68. The highest BCUT2D eigenvalue weighted by molar-refractivity contribution is 14.0. The van der Waals surface area contributed by atoms with E-state index in [2.05, 4.69) is 40.6 Å². The lowest BCUT2D eigenvalue weighted by Crippen LogP contribution is -2.42. The van der Waals surface area contributed by atoms with Crippen LogP contribution in [-0.4, -0.2) is 35.4 Å². The SMILES string of the molecule is CCC(C)NC(=NC)NCCCc1nn(-c2ccc(F)cc2)c(N)c1C#N.I. The van der Waals surface area contributed by atoms with E-state index >= 15 is 0 Å². The van der Waals surface area contributed by atoms with Gasteiger partial charge >= 0.3 is 0 Å². The van der Waals surface area contributed by atoms with E-state index in [-0.39, 0.29) is 35.6 Å². The smallest absolute Gasteiger partial charge is 0.191 e. The number of benzene rings is 1. The molecule has 0 bridgehead atoms. The van der Waals surface area contributed by atoms with E-state index in [1.165, 1.54) is 16.8 Å². The molecule has 1 unspecified atom stereocenters. The van der Waals surface area contributed by atoms with Gasteiger partial charge in [-0.05, 0) is 50.5 Å². The lowest BCUT2D eigenvalue weighted by molar-refractivity contribution is 0.619. The molecule has 1 heterocycles. The van der Waals surface area contributed by atoms with Crippen molar-refractivity contribution in [1.82, 2.24) is 20.4 Å². The number of nitrogen functional groups attached to an aromatic ring is 1. The van der Waals surface area contributed by atoms with Crippen LogP contribution in [0, 0.1) is 17.1 Å². The maximum absolute atomic E-state index is 13.1. The molecule has 1 atom stereocenters. The third-order valence-corrected chi connectivity index (χ3v) is 4.28. The number of nitriles is 1. The van der Waals surface area contributed by atoms with Crippen LogP contribution in [-0.2, 0) is 6.42 Å². The Morgan fingerprint density at radius 2 is 2.07 bits per heavy atom. The van der Waals surface area contributed by atoms with Crippen molar-refractivity contribution in [3.8, 4) is 11.8 Å². The third-order valence-electron chi connectivity index (χ3n) is 4.28. The van der Waals surface area contributed by atoms with Crippen LogP contribution in [0.4, 0.5) is 10.2 Å². The zero-order valence-corrected chi connectivity index (χ0v) is 18.7. The Balaban J connectivity index is 0.00000392. The summed E-state index contributed by atoms with van der Waals surface area (Å²) in [5, 5.41) is 20.4. The summed E-state index contributed by atoms with van der Waals surface area (Å²) < 4.78 is 14.6. The topological polar surface area (TPSA) is 104 Å². The van der Waals surface area contributed by atoms with E-state index in [0.717, 1.165) is 18.8 Å². The number of anilines is 1. The molecule has 2 rings (SSSR count). The van der Waals surface area contributed by atoms with Crippen molar-refractivity contribution >= 4 is 35.8 Å². The summed E-state index contributed by atoms with van der Waals surface area (Å²) in [7, 11) is 1.73. The van der Waals surface area contributed by atoms with Gasteiger partial charge in [0.2, 0.25) is 0 Å². The quantitative estimate of drug-likeness (QED) is 0.235. The monoisotopic (exact) mass is 499 g/mol. The summed E-state index contributed by atoms with van der Waals surface area (Å²) in [6.07, 6.45) is 2.36. The molecule has 7 nitrogen and oxygen atoms in total. The number of halogens is 2. The second-order valence-electron chi connectivity index (χ2n) is 6.26. The largest absolute Gasteiger partial charge is 0.382 e. The highest BCUT2D eigenvalue weighted by Gasteiger charge is 2.16. The molecule has 0 aliphatic rings. The van der Waals surface area contributed by atoms with Crippen LogP contribution in [0.5, 0.6) is 0 Å². The molecule has 152 valence electrons. The van der Waals surface area contributed by atoms with Gasteiger partial charge in [0, 0.05) is 19.6 Å². The maximum atomic E-state index is 13.1. The first-order valence-corrected chi connectivity index (χ1v) is 9.00. The first kappa shape index (κ1) is 23.7. The van der Waals surface area contributed by atoms with Gasteiger partial charge < -0.3 is 16.4 Å². The van der Waals surface area contributed by atoms with E-state index in [1.54, 1.807) is 19.2 Å². The molecule has 0 spiro atoms. The maximum Gasteiger partial charge on any atom is 0.191 e. The number of hydrogen-bond donors (Lipinski definition) is 3. The highest BCUT2D eigenvalue weighted by atomic mass is 127. The fourth-order valence-electron chi connectivity index (χ4n) is 2.55. The molecule has 1 aromatic carbocycles. The van der Waals surface area contributed by atoms with Gasteiger partial charge in [-0.15, -0.1) is 24.0 Å². The van der Waals surface area contributed by atoms with Gasteiger partial charge in [0.15, 0.2) is 5.96 Å². The molecule has 1 aromatic heterocycles.